The molecule has 0 aromatic heterocycles. The molecular formula is C20H23FN2O4. The average molecular weight is 374 g/mol. The maximum atomic E-state index is 13.7. The first-order chi connectivity index (χ1) is 13.1. The number of benzene rings is 2. The zero-order valence-corrected chi connectivity index (χ0v) is 15.5. The third-order valence-corrected chi connectivity index (χ3v) is 4.56. The Kier molecular flexibility index (Phi) is 6.01. The van der Waals surface area contributed by atoms with E-state index < -0.39 is 5.82 Å². The minimum absolute atomic E-state index is 0.111. The van der Waals surface area contributed by atoms with E-state index in [0.29, 0.717) is 18.8 Å². The average Bonchev–Trinajstić information content (AvgIpc) is 2.72. The Morgan fingerprint density at radius 3 is 2.22 bits per heavy atom. The lowest BCUT2D eigenvalue weighted by atomic mass is 10.2. The Morgan fingerprint density at radius 2 is 1.63 bits per heavy atom. The molecule has 1 heterocycles. The molecule has 1 amide bonds. The molecule has 0 radical (unpaired) electrons. The second-order valence-corrected chi connectivity index (χ2v) is 6.15. The van der Waals surface area contributed by atoms with E-state index >= 15 is 0 Å². The van der Waals surface area contributed by atoms with Crippen molar-refractivity contribution in [1.29, 1.82) is 0 Å². The Labute approximate surface area is 158 Å². The molecule has 0 unspecified atom stereocenters. The summed E-state index contributed by atoms with van der Waals surface area (Å²) in [5.74, 6) is 0.637. The topological polar surface area (TPSA) is 51.2 Å². The molecule has 27 heavy (non-hydrogen) atoms. The van der Waals surface area contributed by atoms with Crippen LogP contribution in [-0.4, -0.2) is 57.8 Å². The van der Waals surface area contributed by atoms with Gasteiger partial charge in [-0.2, -0.15) is 0 Å². The second kappa shape index (κ2) is 8.62. The molecular weight excluding hydrogens is 351 g/mol. The number of nitrogens with zero attached hydrogens (tertiary/aromatic N) is 2. The molecule has 3 rings (SSSR count). The lowest BCUT2D eigenvalue weighted by Gasteiger charge is -2.36. The van der Waals surface area contributed by atoms with E-state index in [-0.39, 0.29) is 18.3 Å². The molecule has 0 bridgehead atoms. The molecule has 2 aromatic rings. The van der Waals surface area contributed by atoms with Gasteiger partial charge < -0.3 is 24.0 Å². The van der Waals surface area contributed by atoms with E-state index in [9.17, 15) is 9.18 Å². The maximum absolute atomic E-state index is 13.7. The fourth-order valence-electron chi connectivity index (χ4n) is 2.98. The summed E-state index contributed by atoms with van der Waals surface area (Å²) in [5.41, 5.74) is 1.10. The van der Waals surface area contributed by atoms with Crippen LogP contribution in [-0.2, 0) is 4.79 Å². The minimum Gasteiger partial charge on any atom is -0.497 e. The smallest absolute Gasteiger partial charge is 0.260 e. The van der Waals surface area contributed by atoms with Gasteiger partial charge in [0, 0.05) is 37.9 Å². The van der Waals surface area contributed by atoms with E-state index in [1.807, 2.05) is 24.3 Å². The van der Waals surface area contributed by atoms with Gasteiger partial charge in [0.25, 0.3) is 5.91 Å². The highest BCUT2D eigenvalue weighted by Crippen LogP contribution is 2.23. The molecule has 1 aliphatic rings. The molecule has 0 atom stereocenters. The first-order valence-electron chi connectivity index (χ1n) is 8.74. The summed E-state index contributed by atoms with van der Waals surface area (Å²) in [4.78, 5) is 16.3. The number of methoxy groups -OCH3 is 2. The third kappa shape index (κ3) is 4.61. The Morgan fingerprint density at radius 1 is 0.963 bits per heavy atom. The van der Waals surface area contributed by atoms with Crippen molar-refractivity contribution in [3.05, 3.63) is 48.3 Å². The van der Waals surface area contributed by atoms with Crippen LogP contribution in [0, 0.1) is 5.82 Å². The zero-order chi connectivity index (χ0) is 19.2. The first-order valence-corrected chi connectivity index (χ1v) is 8.74. The van der Waals surface area contributed by atoms with E-state index in [2.05, 4.69) is 4.90 Å². The van der Waals surface area contributed by atoms with Crippen LogP contribution in [0.4, 0.5) is 10.1 Å². The van der Waals surface area contributed by atoms with Crippen LogP contribution in [0.15, 0.2) is 42.5 Å². The quantitative estimate of drug-likeness (QED) is 0.778. The number of amides is 1. The summed E-state index contributed by atoms with van der Waals surface area (Å²) in [6.07, 6.45) is 0. The Balaban J connectivity index is 1.48. The van der Waals surface area contributed by atoms with Crippen molar-refractivity contribution in [2.75, 3.05) is 51.9 Å². The van der Waals surface area contributed by atoms with Gasteiger partial charge >= 0.3 is 0 Å². The van der Waals surface area contributed by atoms with Gasteiger partial charge in [0.05, 0.1) is 14.2 Å². The molecule has 1 aliphatic heterocycles. The van der Waals surface area contributed by atoms with Gasteiger partial charge in [0.2, 0.25) is 0 Å². The predicted octanol–water partition coefficient (Wildman–Crippen LogP) is 2.57. The van der Waals surface area contributed by atoms with Gasteiger partial charge in [0.1, 0.15) is 11.5 Å². The number of carbonyl (C=O) groups is 1. The summed E-state index contributed by atoms with van der Waals surface area (Å²) < 4.78 is 29.1. The van der Waals surface area contributed by atoms with Crippen LogP contribution in [0.1, 0.15) is 0 Å². The number of piperazine rings is 1. The molecule has 1 fully saturated rings. The molecule has 7 heteroatoms. The van der Waals surface area contributed by atoms with Crippen molar-refractivity contribution in [3.8, 4) is 17.2 Å². The lowest BCUT2D eigenvalue weighted by molar-refractivity contribution is -0.133. The fraction of sp³-hybridized carbons (Fsp3) is 0.350. The van der Waals surface area contributed by atoms with Crippen molar-refractivity contribution in [2.45, 2.75) is 0 Å². The number of carbonyl (C=O) groups excluding carboxylic acids is 1. The number of rotatable bonds is 6. The van der Waals surface area contributed by atoms with Crippen LogP contribution >= 0.6 is 0 Å². The fourth-order valence-corrected chi connectivity index (χ4v) is 2.98. The van der Waals surface area contributed by atoms with Crippen LogP contribution < -0.4 is 19.1 Å². The van der Waals surface area contributed by atoms with Gasteiger partial charge in [-0.3, -0.25) is 4.79 Å². The number of ether oxygens (including phenoxy) is 3. The van der Waals surface area contributed by atoms with E-state index in [0.717, 1.165) is 24.5 Å². The highest BCUT2D eigenvalue weighted by molar-refractivity contribution is 5.78. The first kappa shape index (κ1) is 18.8. The van der Waals surface area contributed by atoms with E-state index in [1.54, 1.807) is 18.1 Å². The summed E-state index contributed by atoms with van der Waals surface area (Å²) >= 11 is 0. The molecule has 2 aromatic carbocycles. The molecule has 0 spiro atoms. The molecule has 0 saturated carbocycles. The predicted molar refractivity (Wildman–Crippen MR) is 100 cm³/mol. The molecule has 6 nitrogen and oxygen atoms in total. The van der Waals surface area contributed by atoms with Gasteiger partial charge in [-0.25, -0.2) is 4.39 Å². The van der Waals surface area contributed by atoms with Gasteiger partial charge in [-0.15, -0.1) is 0 Å². The lowest BCUT2D eigenvalue weighted by Crippen LogP contribution is -2.50. The molecule has 0 N–H and O–H groups in total. The number of hydrogen-bond donors (Lipinski definition) is 0. The molecule has 144 valence electrons. The van der Waals surface area contributed by atoms with Gasteiger partial charge in [-0.1, -0.05) is 0 Å². The minimum atomic E-state index is -0.518. The Bertz CT molecular complexity index is 774. The summed E-state index contributed by atoms with van der Waals surface area (Å²) in [5, 5.41) is 0. The summed E-state index contributed by atoms with van der Waals surface area (Å²) in [7, 11) is 3.04. The number of anilines is 1. The van der Waals surface area contributed by atoms with Crippen LogP contribution in [0.25, 0.3) is 0 Å². The van der Waals surface area contributed by atoms with Crippen molar-refractivity contribution in [1.82, 2.24) is 4.90 Å². The number of hydrogen-bond acceptors (Lipinski definition) is 5. The zero-order valence-electron chi connectivity index (χ0n) is 15.5. The van der Waals surface area contributed by atoms with Crippen molar-refractivity contribution in [2.24, 2.45) is 0 Å². The van der Waals surface area contributed by atoms with Gasteiger partial charge in [-0.05, 0) is 36.4 Å². The number of halogens is 1. The summed E-state index contributed by atoms with van der Waals surface area (Å²) in [6.45, 7) is 2.61. The van der Waals surface area contributed by atoms with Crippen LogP contribution in [0.3, 0.4) is 0 Å². The van der Waals surface area contributed by atoms with Crippen molar-refractivity contribution in [3.63, 3.8) is 0 Å². The highest BCUT2D eigenvalue weighted by atomic mass is 19.1. The van der Waals surface area contributed by atoms with Gasteiger partial charge in [0.15, 0.2) is 18.2 Å². The third-order valence-electron chi connectivity index (χ3n) is 4.56. The summed E-state index contributed by atoms with van der Waals surface area (Å²) in [6, 6.07) is 12.1. The van der Waals surface area contributed by atoms with Crippen LogP contribution in [0.2, 0.25) is 0 Å². The monoisotopic (exact) mass is 374 g/mol. The second-order valence-electron chi connectivity index (χ2n) is 6.15. The van der Waals surface area contributed by atoms with Crippen LogP contribution in [0.5, 0.6) is 17.2 Å². The molecule has 1 saturated heterocycles. The SMILES string of the molecule is COc1ccc(N2CCN(C(=O)COc3ccc(OC)c(F)c3)CC2)cc1. The molecule has 0 aliphatic carbocycles. The normalized spacial score (nSPS) is 14.0. The van der Waals surface area contributed by atoms with E-state index in [4.69, 9.17) is 14.2 Å². The highest BCUT2D eigenvalue weighted by Gasteiger charge is 2.21. The maximum Gasteiger partial charge on any atom is 0.260 e. The largest absolute Gasteiger partial charge is 0.497 e. The van der Waals surface area contributed by atoms with Crippen molar-refractivity contribution < 1.29 is 23.4 Å². The van der Waals surface area contributed by atoms with Crippen molar-refractivity contribution >= 4 is 11.6 Å². The van der Waals surface area contributed by atoms with E-state index in [1.165, 1.54) is 19.2 Å². The Hall–Kier alpha value is -2.96. The standard InChI is InChI=1S/C20H23FN2O4/c1-25-16-5-3-15(4-6-16)22-9-11-23(12-10-22)20(24)14-27-17-7-8-19(26-2)18(21)13-17/h3-8,13H,9-12,14H2,1-2H3.